The van der Waals surface area contributed by atoms with E-state index in [1.54, 1.807) is 12.1 Å². The second-order valence-electron chi connectivity index (χ2n) is 3.89. The molecule has 0 aliphatic carbocycles. The summed E-state index contributed by atoms with van der Waals surface area (Å²) in [7, 11) is 0. The minimum atomic E-state index is -1.08. The third-order valence-corrected chi connectivity index (χ3v) is 3.60. The molecule has 0 radical (unpaired) electrons. The first-order valence-corrected chi connectivity index (χ1v) is 7.83. The first-order chi connectivity index (χ1) is 9.43. The molecule has 0 bridgehead atoms. The van der Waals surface area contributed by atoms with Crippen LogP contribution in [0.4, 0.5) is 10.5 Å². The number of rotatable bonds is 6. The van der Waals surface area contributed by atoms with Crippen molar-refractivity contribution >= 4 is 52.7 Å². The van der Waals surface area contributed by atoms with Gasteiger partial charge in [-0.05, 0) is 36.6 Å². The molecule has 8 heteroatoms. The smallest absolute Gasteiger partial charge is 0.326 e. The number of hydrogen-bond donors (Lipinski definition) is 3. The molecule has 1 atom stereocenters. The number of carbonyl (C=O) groups excluding carboxylic acids is 1. The molecule has 110 valence electrons. The Kier molecular flexibility index (Phi) is 6.98. The quantitative estimate of drug-likeness (QED) is 0.744. The van der Waals surface area contributed by atoms with Gasteiger partial charge in [0.25, 0.3) is 0 Å². The van der Waals surface area contributed by atoms with Gasteiger partial charge in [-0.15, -0.1) is 0 Å². The molecule has 1 rings (SSSR count). The van der Waals surface area contributed by atoms with Gasteiger partial charge in [0.1, 0.15) is 6.04 Å². The van der Waals surface area contributed by atoms with Crippen LogP contribution in [0.25, 0.3) is 0 Å². The maximum atomic E-state index is 11.8. The summed E-state index contributed by atoms with van der Waals surface area (Å²) in [4.78, 5) is 22.8. The minimum absolute atomic E-state index is 0.320. The first kappa shape index (κ1) is 16.9. The monoisotopic (exact) mass is 336 g/mol. The Balaban J connectivity index is 2.65. The van der Waals surface area contributed by atoms with Gasteiger partial charge in [0.2, 0.25) is 0 Å². The average Bonchev–Trinajstić information content (AvgIpc) is 2.38. The number of halogens is 2. The summed E-state index contributed by atoms with van der Waals surface area (Å²) in [5.41, 5.74) is 0.325. The van der Waals surface area contributed by atoms with Gasteiger partial charge < -0.3 is 15.7 Å². The molecule has 3 N–H and O–H groups in total. The molecule has 20 heavy (non-hydrogen) atoms. The van der Waals surface area contributed by atoms with Crippen molar-refractivity contribution in [2.75, 3.05) is 17.3 Å². The SMILES string of the molecule is CSCC[C@@H](NC(=O)Nc1cc(Cl)ccc1Cl)C(=O)O. The molecule has 2 amide bonds. The van der Waals surface area contributed by atoms with Crippen LogP contribution in [0.3, 0.4) is 0 Å². The molecule has 1 aromatic rings. The van der Waals surface area contributed by atoms with Gasteiger partial charge in [-0.2, -0.15) is 11.8 Å². The Morgan fingerprint density at radius 3 is 2.70 bits per heavy atom. The molecule has 0 aliphatic heterocycles. The molecule has 0 aliphatic rings. The summed E-state index contributed by atoms with van der Waals surface area (Å²) >= 11 is 13.2. The second kappa shape index (κ2) is 8.24. The van der Waals surface area contributed by atoms with Crippen molar-refractivity contribution in [3.05, 3.63) is 28.2 Å². The highest BCUT2D eigenvalue weighted by Crippen LogP contribution is 2.25. The fourth-order valence-corrected chi connectivity index (χ4v) is 2.21. The van der Waals surface area contributed by atoms with E-state index in [-0.39, 0.29) is 0 Å². The number of thioether (sulfide) groups is 1. The average molecular weight is 337 g/mol. The molecule has 0 unspecified atom stereocenters. The van der Waals surface area contributed by atoms with Crippen molar-refractivity contribution in [2.45, 2.75) is 12.5 Å². The summed E-state index contributed by atoms with van der Waals surface area (Å²) in [6.45, 7) is 0. The van der Waals surface area contributed by atoms with Crippen LogP contribution in [0.1, 0.15) is 6.42 Å². The van der Waals surface area contributed by atoms with Crippen molar-refractivity contribution in [3.63, 3.8) is 0 Å². The van der Waals surface area contributed by atoms with E-state index in [9.17, 15) is 9.59 Å². The van der Waals surface area contributed by atoms with Crippen molar-refractivity contribution in [2.24, 2.45) is 0 Å². The van der Waals surface area contributed by atoms with Crippen molar-refractivity contribution in [3.8, 4) is 0 Å². The zero-order chi connectivity index (χ0) is 15.1. The number of anilines is 1. The number of carboxylic acid groups (broad SMARTS) is 1. The van der Waals surface area contributed by atoms with Crippen LogP contribution >= 0.6 is 35.0 Å². The largest absolute Gasteiger partial charge is 0.480 e. The zero-order valence-corrected chi connectivity index (χ0v) is 13.0. The molecule has 5 nitrogen and oxygen atoms in total. The second-order valence-corrected chi connectivity index (χ2v) is 5.72. The summed E-state index contributed by atoms with van der Waals surface area (Å²) < 4.78 is 0. The predicted molar refractivity (Wildman–Crippen MR) is 83.0 cm³/mol. The first-order valence-electron chi connectivity index (χ1n) is 5.68. The molecular weight excluding hydrogens is 323 g/mol. The lowest BCUT2D eigenvalue weighted by Crippen LogP contribution is -2.43. The Bertz CT molecular complexity index is 500. The Labute approximate surface area is 131 Å². The fourth-order valence-electron chi connectivity index (χ4n) is 1.40. The van der Waals surface area contributed by atoms with Crippen LogP contribution in [0.2, 0.25) is 10.0 Å². The normalized spacial score (nSPS) is 11.8. The Morgan fingerprint density at radius 2 is 2.10 bits per heavy atom. The van der Waals surface area contributed by atoms with Crippen LogP contribution in [-0.2, 0) is 4.79 Å². The summed E-state index contributed by atoms with van der Waals surface area (Å²) in [5, 5.41) is 14.6. The molecular formula is C12H14Cl2N2O3S. The molecule has 1 aromatic carbocycles. The minimum Gasteiger partial charge on any atom is -0.480 e. The summed E-state index contributed by atoms with van der Waals surface area (Å²) in [6.07, 6.45) is 2.21. The number of nitrogens with one attached hydrogen (secondary N) is 2. The van der Waals surface area contributed by atoms with E-state index in [1.165, 1.54) is 17.8 Å². The lowest BCUT2D eigenvalue weighted by Gasteiger charge is -2.15. The summed E-state index contributed by atoms with van der Waals surface area (Å²) in [6, 6.07) is 3.04. The lowest BCUT2D eigenvalue weighted by molar-refractivity contribution is -0.139. The number of hydrogen-bond acceptors (Lipinski definition) is 3. The maximum Gasteiger partial charge on any atom is 0.326 e. The zero-order valence-electron chi connectivity index (χ0n) is 10.7. The van der Waals surface area contributed by atoms with Gasteiger partial charge in [-0.1, -0.05) is 23.2 Å². The highest BCUT2D eigenvalue weighted by Gasteiger charge is 2.19. The molecule has 0 saturated heterocycles. The van der Waals surface area contributed by atoms with E-state index in [0.717, 1.165) is 0 Å². The Hall–Kier alpha value is -1.11. The van der Waals surface area contributed by atoms with Gasteiger partial charge in [-0.3, -0.25) is 0 Å². The molecule has 0 saturated carbocycles. The third kappa shape index (κ3) is 5.48. The van der Waals surface area contributed by atoms with Crippen LogP contribution < -0.4 is 10.6 Å². The van der Waals surface area contributed by atoms with E-state index >= 15 is 0 Å². The lowest BCUT2D eigenvalue weighted by atomic mass is 10.2. The van der Waals surface area contributed by atoms with E-state index in [2.05, 4.69) is 10.6 Å². The highest BCUT2D eigenvalue weighted by atomic mass is 35.5. The number of amides is 2. The topological polar surface area (TPSA) is 78.4 Å². The number of benzene rings is 1. The number of aliphatic carboxylic acids is 1. The fraction of sp³-hybridized carbons (Fsp3) is 0.333. The maximum absolute atomic E-state index is 11.8. The van der Waals surface area contributed by atoms with Gasteiger partial charge >= 0.3 is 12.0 Å². The van der Waals surface area contributed by atoms with Gasteiger partial charge in [-0.25, -0.2) is 9.59 Å². The van der Waals surface area contributed by atoms with Gasteiger partial charge in [0.05, 0.1) is 10.7 Å². The number of urea groups is 1. The van der Waals surface area contributed by atoms with E-state index < -0.39 is 18.0 Å². The van der Waals surface area contributed by atoms with Gasteiger partial charge in [0, 0.05) is 5.02 Å². The van der Waals surface area contributed by atoms with Crippen LogP contribution in [0.15, 0.2) is 18.2 Å². The Morgan fingerprint density at radius 1 is 1.40 bits per heavy atom. The molecule has 0 fully saturated rings. The van der Waals surface area contributed by atoms with Crippen LogP contribution in [-0.4, -0.2) is 35.2 Å². The highest BCUT2D eigenvalue weighted by molar-refractivity contribution is 7.98. The van der Waals surface area contributed by atoms with Gasteiger partial charge in [0.15, 0.2) is 0 Å². The van der Waals surface area contributed by atoms with E-state index in [1.807, 2.05) is 6.26 Å². The van der Waals surface area contributed by atoms with Crippen LogP contribution in [0.5, 0.6) is 0 Å². The predicted octanol–water partition coefficient (Wildman–Crippen LogP) is 3.32. The molecule has 0 spiro atoms. The number of carbonyl (C=O) groups is 2. The summed E-state index contributed by atoms with van der Waals surface area (Å²) in [5.74, 6) is -0.443. The van der Waals surface area contributed by atoms with E-state index in [0.29, 0.717) is 27.9 Å². The van der Waals surface area contributed by atoms with Crippen molar-refractivity contribution in [1.29, 1.82) is 0 Å². The third-order valence-electron chi connectivity index (χ3n) is 2.39. The van der Waals surface area contributed by atoms with Crippen LogP contribution in [0, 0.1) is 0 Å². The molecule has 0 aromatic heterocycles. The standard InChI is InChI=1S/C12H14Cl2N2O3S/c1-20-5-4-9(11(17)18)15-12(19)16-10-6-7(13)2-3-8(10)14/h2-3,6,9H,4-5H2,1H3,(H,17,18)(H2,15,16,19)/t9-/m1/s1. The van der Waals surface area contributed by atoms with Crippen molar-refractivity contribution in [1.82, 2.24) is 5.32 Å². The van der Waals surface area contributed by atoms with Crippen molar-refractivity contribution < 1.29 is 14.7 Å². The molecule has 0 heterocycles. The number of carboxylic acids is 1. The van der Waals surface area contributed by atoms with E-state index in [4.69, 9.17) is 28.3 Å².